The molecule has 0 aromatic rings. The lowest BCUT2D eigenvalue weighted by Gasteiger charge is -2.16. The predicted molar refractivity (Wildman–Crippen MR) is 50.4 cm³/mol. The van der Waals surface area contributed by atoms with Gasteiger partial charge in [0.2, 0.25) is 0 Å². The van der Waals surface area contributed by atoms with Crippen LogP contribution in [0.25, 0.3) is 0 Å². The van der Waals surface area contributed by atoms with Gasteiger partial charge in [0.25, 0.3) is 0 Å². The molecule has 2 aliphatic rings. The maximum atomic E-state index is 9.63. The molecule has 0 spiro atoms. The van der Waals surface area contributed by atoms with Crippen LogP contribution in [-0.2, 0) is 0 Å². The Hall–Kier alpha value is -0.120. The third kappa shape index (κ3) is 2.22. The Morgan fingerprint density at radius 2 is 2.08 bits per heavy atom. The van der Waals surface area contributed by atoms with E-state index in [-0.39, 0.29) is 11.7 Å². The lowest BCUT2D eigenvalue weighted by molar-refractivity contribution is 0.117. The van der Waals surface area contributed by atoms with E-state index in [1.807, 2.05) is 0 Å². The van der Waals surface area contributed by atoms with Gasteiger partial charge in [0.15, 0.2) is 0 Å². The van der Waals surface area contributed by atoms with E-state index in [1.54, 1.807) is 0 Å². The zero-order valence-electron chi connectivity index (χ0n) is 8.24. The van der Waals surface area contributed by atoms with Crippen molar-refractivity contribution in [2.75, 3.05) is 19.6 Å². The molecule has 76 valence electrons. The zero-order valence-corrected chi connectivity index (χ0v) is 8.24. The highest BCUT2D eigenvalue weighted by atomic mass is 16.3. The van der Waals surface area contributed by atoms with Crippen LogP contribution in [-0.4, -0.2) is 46.5 Å². The molecule has 2 atom stereocenters. The van der Waals surface area contributed by atoms with E-state index in [0.29, 0.717) is 5.92 Å². The molecule has 1 saturated heterocycles. The molecule has 2 fully saturated rings. The Morgan fingerprint density at radius 1 is 1.38 bits per heavy atom. The normalized spacial score (nSPS) is 38.1. The van der Waals surface area contributed by atoms with Gasteiger partial charge in [-0.3, -0.25) is 0 Å². The monoisotopic (exact) mass is 185 g/mol. The standard InChI is InChI=1S/C10H19NO2/c1-8-6-11(7-9(8)12)5-4-10(13)2-3-10/h8-9,12-13H,2-7H2,1H3. The van der Waals surface area contributed by atoms with Crippen LogP contribution in [0.5, 0.6) is 0 Å². The number of likely N-dealkylation sites (tertiary alicyclic amines) is 1. The number of aliphatic hydroxyl groups excluding tert-OH is 1. The summed E-state index contributed by atoms with van der Waals surface area (Å²) in [4.78, 5) is 2.26. The molecule has 3 heteroatoms. The number of aliphatic hydroxyl groups is 2. The lowest BCUT2D eigenvalue weighted by atomic mass is 10.1. The minimum absolute atomic E-state index is 0.158. The van der Waals surface area contributed by atoms with Gasteiger partial charge in [0.1, 0.15) is 0 Å². The average Bonchev–Trinajstić information content (AvgIpc) is 2.72. The van der Waals surface area contributed by atoms with E-state index in [9.17, 15) is 10.2 Å². The van der Waals surface area contributed by atoms with Gasteiger partial charge in [-0.25, -0.2) is 0 Å². The fraction of sp³-hybridized carbons (Fsp3) is 1.00. The molecule has 1 saturated carbocycles. The highest BCUT2D eigenvalue weighted by molar-refractivity contribution is 4.94. The van der Waals surface area contributed by atoms with E-state index in [2.05, 4.69) is 11.8 Å². The molecular formula is C10H19NO2. The molecule has 0 radical (unpaired) electrons. The maximum absolute atomic E-state index is 9.63. The molecule has 1 aliphatic heterocycles. The van der Waals surface area contributed by atoms with Crippen molar-refractivity contribution in [2.24, 2.45) is 5.92 Å². The minimum Gasteiger partial charge on any atom is -0.391 e. The van der Waals surface area contributed by atoms with Gasteiger partial charge >= 0.3 is 0 Å². The summed E-state index contributed by atoms with van der Waals surface area (Å²) in [5, 5.41) is 19.1. The maximum Gasteiger partial charge on any atom is 0.0704 e. The van der Waals surface area contributed by atoms with Crippen molar-refractivity contribution in [1.82, 2.24) is 4.90 Å². The largest absolute Gasteiger partial charge is 0.391 e. The van der Waals surface area contributed by atoms with E-state index in [4.69, 9.17) is 0 Å². The average molecular weight is 185 g/mol. The minimum atomic E-state index is -0.337. The molecular weight excluding hydrogens is 166 g/mol. The topological polar surface area (TPSA) is 43.7 Å². The van der Waals surface area contributed by atoms with Crippen LogP contribution in [0.3, 0.4) is 0 Å². The zero-order chi connectivity index (χ0) is 9.47. The smallest absolute Gasteiger partial charge is 0.0704 e. The fourth-order valence-electron chi connectivity index (χ4n) is 1.99. The molecule has 3 nitrogen and oxygen atoms in total. The number of hydrogen-bond donors (Lipinski definition) is 2. The Labute approximate surface area is 79.4 Å². The Morgan fingerprint density at radius 3 is 2.54 bits per heavy atom. The van der Waals surface area contributed by atoms with Crippen molar-refractivity contribution in [3.63, 3.8) is 0 Å². The van der Waals surface area contributed by atoms with Gasteiger partial charge < -0.3 is 15.1 Å². The molecule has 0 amide bonds. The molecule has 1 aliphatic carbocycles. The summed E-state index contributed by atoms with van der Waals surface area (Å²) >= 11 is 0. The molecule has 13 heavy (non-hydrogen) atoms. The summed E-state index contributed by atoms with van der Waals surface area (Å²) in [6.07, 6.45) is 2.67. The summed E-state index contributed by atoms with van der Waals surface area (Å²) in [7, 11) is 0. The molecule has 2 rings (SSSR count). The Bertz CT molecular complexity index is 181. The van der Waals surface area contributed by atoms with Crippen LogP contribution in [0, 0.1) is 5.92 Å². The van der Waals surface area contributed by atoms with E-state index < -0.39 is 0 Å². The lowest BCUT2D eigenvalue weighted by Crippen LogP contribution is -2.26. The molecule has 0 aromatic carbocycles. The highest BCUT2D eigenvalue weighted by Gasteiger charge is 2.40. The van der Waals surface area contributed by atoms with Gasteiger partial charge in [-0.05, 0) is 25.2 Å². The third-order valence-electron chi connectivity index (χ3n) is 3.37. The fourth-order valence-corrected chi connectivity index (χ4v) is 1.99. The molecule has 0 aromatic heterocycles. The number of β-amino-alcohol motifs (C(OH)–C–C–N with tert-alkyl or cyclic N) is 1. The third-order valence-corrected chi connectivity index (χ3v) is 3.37. The SMILES string of the molecule is CC1CN(CCC2(O)CC2)CC1O. The Kier molecular flexibility index (Phi) is 2.34. The number of nitrogens with zero attached hydrogens (tertiary/aromatic N) is 1. The first kappa shape index (κ1) is 9.44. The van der Waals surface area contributed by atoms with Crippen molar-refractivity contribution in [2.45, 2.75) is 37.9 Å². The molecule has 2 N–H and O–H groups in total. The summed E-state index contributed by atoms with van der Waals surface area (Å²) in [5.41, 5.74) is -0.337. The van der Waals surface area contributed by atoms with Crippen LogP contribution in [0.15, 0.2) is 0 Å². The van der Waals surface area contributed by atoms with Crippen molar-refractivity contribution in [3.05, 3.63) is 0 Å². The Balaban J connectivity index is 1.71. The first-order chi connectivity index (χ1) is 6.09. The van der Waals surface area contributed by atoms with Crippen LogP contribution >= 0.6 is 0 Å². The molecule has 1 heterocycles. The summed E-state index contributed by atoms with van der Waals surface area (Å²) < 4.78 is 0. The molecule has 0 bridgehead atoms. The quantitative estimate of drug-likeness (QED) is 0.661. The van der Waals surface area contributed by atoms with Crippen molar-refractivity contribution < 1.29 is 10.2 Å². The van der Waals surface area contributed by atoms with E-state index >= 15 is 0 Å². The first-order valence-electron chi connectivity index (χ1n) is 5.22. The van der Waals surface area contributed by atoms with Crippen molar-refractivity contribution in [1.29, 1.82) is 0 Å². The first-order valence-corrected chi connectivity index (χ1v) is 5.22. The van der Waals surface area contributed by atoms with E-state index in [1.165, 1.54) is 0 Å². The van der Waals surface area contributed by atoms with Crippen LogP contribution in [0.1, 0.15) is 26.2 Å². The van der Waals surface area contributed by atoms with Gasteiger partial charge in [-0.2, -0.15) is 0 Å². The number of rotatable bonds is 3. The second-order valence-corrected chi connectivity index (χ2v) is 4.78. The van der Waals surface area contributed by atoms with Crippen LogP contribution < -0.4 is 0 Å². The van der Waals surface area contributed by atoms with Crippen molar-refractivity contribution >= 4 is 0 Å². The predicted octanol–water partition coefficient (Wildman–Crippen LogP) is 0.214. The summed E-state index contributed by atoms with van der Waals surface area (Å²) in [6, 6.07) is 0. The van der Waals surface area contributed by atoms with Gasteiger partial charge in [-0.1, -0.05) is 6.92 Å². The van der Waals surface area contributed by atoms with Gasteiger partial charge in [0.05, 0.1) is 11.7 Å². The molecule has 2 unspecified atom stereocenters. The van der Waals surface area contributed by atoms with E-state index in [0.717, 1.165) is 38.9 Å². The second-order valence-electron chi connectivity index (χ2n) is 4.78. The highest BCUT2D eigenvalue weighted by Crippen LogP contribution is 2.38. The van der Waals surface area contributed by atoms with Crippen LogP contribution in [0.4, 0.5) is 0 Å². The van der Waals surface area contributed by atoms with Gasteiger partial charge in [0, 0.05) is 19.6 Å². The van der Waals surface area contributed by atoms with Gasteiger partial charge in [-0.15, -0.1) is 0 Å². The summed E-state index contributed by atoms with van der Waals surface area (Å²) in [6.45, 7) is 4.79. The van der Waals surface area contributed by atoms with Crippen LogP contribution in [0.2, 0.25) is 0 Å². The number of hydrogen-bond acceptors (Lipinski definition) is 3. The van der Waals surface area contributed by atoms with Crippen molar-refractivity contribution in [3.8, 4) is 0 Å². The second kappa shape index (κ2) is 3.23. The summed E-state index contributed by atoms with van der Waals surface area (Å²) in [5.74, 6) is 0.397.